The summed E-state index contributed by atoms with van der Waals surface area (Å²) >= 11 is 6.36. The van der Waals surface area contributed by atoms with Gasteiger partial charge in [-0.2, -0.15) is 0 Å². The van der Waals surface area contributed by atoms with Crippen molar-refractivity contribution in [3.8, 4) is 5.69 Å². The van der Waals surface area contributed by atoms with Crippen LogP contribution in [0.5, 0.6) is 0 Å². The summed E-state index contributed by atoms with van der Waals surface area (Å²) < 4.78 is 1.71. The maximum Gasteiger partial charge on any atom is 0.264 e. The quantitative estimate of drug-likeness (QED) is 0.546. The smallest absolute Gasteiger partial charge is 0.264 e. The molecule has 0 spiro atoms. The summed E-state index contributed by atoms with van der Waals surface area (Å²) in [6, 6.07) is 16.9. The Labute approximate surface area is 168 Å². The van der Waals surface area contributed by atoms with E-state index in [0.29, 0.717) is 10.4 Å². The van der Waals surface area contributed by atoms with Gasteiger partial charge in [0.2, 0.25) is 0 Å². The van der Waals surface area contributed by atoms with E-state index in [1.807, 2.05) is 63.3 Å². The van der Waals surface area contributed by atoms with Gasteiger partial charge in [-0.05, 0) is 42.0 Å². The predicted molar refractivity (Wildman–Crippen MR) is 117 cm³/mol. The SMILES string of the molecule is Bc1cncnc1N[C@@H](C)c1cc2cccc(Cl)c2c(=O)n1-c1ccccc1. The Bertz CT molecular complexity index is 1210. The van der Waals surface area contributed by atoms with Crippen molar-refractivity contribution in [2.45, 2.75) is 13.0 Å². The van der Waals surface area contributed by atoms with Crippen LogP contribution in [-0.4, -0.2) is 22.4 Å². The first-order valence-electron chi connectivity index (χ1n) is 8.99. The van der Waals surface area contributed by atoms with Gasteiger partial charge >= 0.3 is 0 Å². The summed E-state index contributed by atoms with van der Waals surface area (Å²) in [5.74, 6) is 0.737. The van der Waals surface area contributed by atoms with Crippen LogP contribution >= 0.6 is 11.6 Å². The Balaban J connectivity index is 1.94. The minimum atomic E-state index is -0.176. The Morgan fingerprint density at radius 1 is 1.14 bits per heavy atom. The molecule has 1 N–H and O–H groups in total. The zero-order valence-corrected chi connectivity index (χ0v) is 16.3. The van der Waals surface area contributed by atoms with E-state index in [1.54, 1.807) is 16.8 Å². The van der Waals surface area contributed by atoms with Crippen molar-refractivity contribution in [3.63, 3.8) is 0 Å². The maximum atomic E-state index is 13.4. The summed E-state index contributed by atoms with van der Waals surface area (Å²) in [5, 5.41) is 5.18. The molecule has 2 heterocycles. The Morgan fingerprint density at radius 3 is 2.68 bits per heavy atom. The number of hydrogen-bond acceptors (Lipinski definition) is 4. The van der Waals surface area contributed by atoms with Gasteiger partial charge in [-0.15, -0.1) is 0 Å². The minimum absolute atomic E-state index is 0.141. The highest BCUT2D eigenvalue weighted by Gasteiger charge is 2.18. The second-order valence-electron chi connectivity index (χ2n) is 6.67. The lowest BCUT2D eigenvalue weighted by Crippen LogP contribution is -2.27. The van der Waals surface area contributed by atoms with Crippen molar-refractivity contribution in [2.75, 3.05) is 5.32 Å². The highest BCUT2D eigenvalue weighted by atomic mass is 35.5. The molecule has 0 bridgehead atoms. The molecule has 0 radical (unpaired) electrons. The molecule has 0 amide bonds. The van der Waals surface area contributed by atoms with E-state index in [-0.39, 0.29) is 11.6 Å². The predicted octanol–water partition coefficient (Wildman–Crippen LogP) is 2.87. The van der Waals surface area contributed by atoms with Gasteiger partial charge in [-0.1, -0.05) is 41.9 Å². The maximum absolute atomic E-state index is 13.4. The van der Waals surface area contributed by atoms with Crippen molar-refractivity contribution < 1.29 is 0 Å². The molecule has 4 aromatic rings. The molecule has 0 saturated carbocycles. The lowest BCUT2D eigenvalue weighted by Gasteiger charge is -2.22. The summed E-state index contributed by atoms with van der Waals surface area (Å²) in [5.41, 5.74) is 2.41. The highest BCUT2D eigenvalue weighted by molar-refractivity contribution is 6.35. The van der Waals surface area contributed by atoms with Crippen LogP contribution < -0.4 is 16.3 Å². The number of hydrogen-bond donors (Lipinski definition) is 1. The number of anilines is 1. The molecule has 0 fully saturated rings. The van der Waals surface area contributed by atoms with E-state index < -0.39 is 0 Å². The van der Waals surface area contributed by atoms with E-state index in [2.05, 4.69) is 15.3 Å². The largest absolute Gasteiger partial charge is 0.362 e. The first kappa shape index (κ1) is 18.3. The number of pyridine rings is 1. The number of halogens is 1. The van der Waals surface area contributed by atoms with Crippen LogP contribution in [0.15, 0.2) is 71.9 Å². The topological polar surface area (TPSA) is 59.8 Å². The summed E-state index contributed by atoms with van der Waals surface area (Å²) in [6.07, 6.45) is 3.26. The fourth-order valence-electron chi connectivity index (χ4n) is 3.33. The monoisotopic (exact) mass is 388 g/mol. The molecule has 0 aliphatic rings. The van der Waals surface area contributed by atoms with E-state index >= 15 is 0 Å². The van der Waals surface area contributed by atoms with Crippen LogP contribution in [-0.2, 0) is 0 Å². The molecule has 28 heavy (non-hydrogen) atoms. The van der Waals surface area contributed by atoms with E-state index in [1.165, 1.54) is 6.33 Å². The van der Waals surface area contributed by atoms with E-state index in [0.717, 1.165) is 28.0 Å². The van der Waals surface area contributed by atoms with Gasteiger partial charge in [-0.3, -0.25) is 9.36 Å². The van der Waals surface area contributed by atoms with Gasteiger partial charge < -0.3 is 5.32 Å². The van der Waals surface area contributed by atoms with Gasteiger partial charge in [0.25, 0.3) is 5.56 Å². The van der Waals surface area contributed by atoms with E-state index in [9.17, 15) is 4.79 Å². The van der Waals surface area contributed by atoms with Gasteiger partial charge in [0.05, 0.1) is 16.5 Å². The molecule has 0 aliphatic carbocycles. The van der Waals surface area contributed by atoms with Crippen LogP contribution in [0.1, 0.15) is 18.7 Å². The third-order valence-electron chi connectivity index (χ3n) is 4.73. The second-order valence-corrected chi connectivity index (χ2v) is 7.08. The fraction of sp³-hybridized carbons (Fsp3) is 0.0952. The molecule has 1 atom stereocenters. The zero-order chi connectivity index (χ0) is 19.7. The van der Waals surface area contributed by atoms with Gasteiger partial charge in [0.1, 0.15) is 20.0 Å². The number of para-hydroxylation sites is 1. The third kappa shape index (κ3) is 3.27. The van der Waals surface area contributed by atoms with Crippen molar-refractivity contribution in [1.82, 2.24) is 14.5 Å². The van der Waals surface area contributed by atoms with Crippen LogP contribution in [0, 0.1) is 0 Å². The molecule has 7 heteroatoms. The number of rotatable bonds is 4. The number of benzene rings is 2. The first-order chi connectivity index (χ1) is 13.6. The summed E-state index contributed by atoms with van der Waals surface area (Å²) in [7, 11) is 1.94. The second kappa shape index (κ2) is 7.48. The average Bonchev–Trinajstić information content (AvgIpc) is 2.70. The lowest BCUT2D eigenvalue weighted by atomic mass is 9.98. The summed E-state index contributed by atoms with van der Waals surface area (Å²) in [6.45, 7) is 2.01. The molecule has 4 rings (SSSR count). The van der Waals surface area contributed by atoms with Crippen molar-refractivity contribution in [3.05, 3.63) is 88.2 Å². The normalized spacial score (nSPS) is 12.1. The summed E-state index contributed by atoms with van der Waals surface area (Å²) in [4.78, 5) is 21.8. The van der Waals surface area contributed by atoms with Crippen LogP contribution in [0.4, 0.5) is 5.82 Å². The number of nitrogens with zero attached hydrogens (tertiary/aromatic N) is 3. The minimum Gasteiger partial charge on any atom is -0.362 e. The van der Waals surface area contributed by atoms with Gasteiger partial charge in [-0.25, -0.2) is 9.97 Å². The van der Waals surface area contributed by atoms with Crippen LogP contribution in [0.25, 0.3) is 16.5 Å². The fourth-order valence-corrected chi connectivity index (χ4v) is 3.59. The van der Waals surface area contributed by atoms with Crippen molar-refractivity contribution in [2.24, 2.45) is 0 Å². The molecule has 138 valence electrons. The Kier molecular flexibility index (Phi) is 4.88. The van der Waals surface area contributed by atoms with Crippen molar-refractivity contribution >= 4 is 41.5 Å². The third-order valence-corrected chi connectivity index (χ3v) is 5.05. The number of aromatic nitrogens is 3. The lowest BCUT2D eigenvalue weighted by molar-refractivity contribution is 0.774. The molecule has 0 aliphatic heterocycles. The first-order valence-corrected chi connectivity index (χ1v) is 9.37. The molecule has 0 unspecified atom stereocenters. The molecular weight excluding hydrogens is 371 g/mol. The van der Waals surface area contributed by atoms with Gasteiger partial charge in [0, 0.05) is 17.6 Å². The van der Waals surface area contributed by atoms with Crippen LogP contribution in [0.3, 0.4) is 0 Å². The molecule has 2 aromatic heterocycles. The molecule has 5 nitrogen and oxygen atoms in total. The Hall–Kier alpha value is -3.12. The standard InChI is InChI=1S/C21H18BClN4O/c1-13(26-20-16(22)11-24-12-25-20)18-10-14-6-5-9-17(23)19(14)21(28)27(18)15-7-3-2-4-8-15/h2-13H,22H2,1H3,(H,24,25,26)/t13-/m0/s1. The molecule has 0 saturated heterocycles. The molecular formula is C21H18BClN4O. The van der Waals surface area contributed by atoms with E-state index in [4.69, 9.17) is 11.6 Å². The highest BCUT2D eigenvalue weighted by Crippen LogP contribution is 2.26. The number of fused-ring (bicyclic) bond motifs is 1. The Morgan fingerprint density at radius 2 is 1.93 bits per heavy atom. The number of nitrogens with one attached hydrogen (secondary N) is 1. The van der Waals surface area contributed by atoms with Gasteiger partial charge in [0.15, 0.2) is 0 Å². The molecule has 2 aromatic carbocycles. The zero-order valence-electron chi connectivity index (χ0n) is 15.6. The van der Waals surface area contributed by atoms with Crippen LogP contribution in [0.2, 0.25) is 5.02 Å². The average molecular weight is 389 g/mol. The van der Waals surface area contributed by atoms with Crippen molar-refractivity contribution in [1.29, 1.82) is 0 Å².